The minimum atomic E-state index is 0.556. The van der Waals surface area contributed by atoms with Gasteiger partial charge in [0.15, 0.2) is 0 Å². The maximum absolute atomic E-state index is 3.43. The van der Waals surface area contributed by atoms with Gasteiger partial charge in [-0.1, -0.05) is 49.4 Å². The highest BCUT2D eigenvalue weighted by atomic mass is 32.2. The number of likely N-dealkylation sites (N-methyl/N-ethyl adjacent to an activating group) is 1. The summed E-state index contributed by atoms with van der Waals surface area (Å²) >= 11 is 2.00. The number of thioether (sulfide) groups is 1. The SMILES string of the molecule is CCSCC(Cc1cccc2ccccc12)NC. The van der Waals surface area contributed by atoms with Crippen molar-refractivity contribution < 1.29 is 0 Å². The Hall–Kier alpha value is -0.990. The smallest absolute Gasteiger partial charge is 0.0195 e. The van der Waals surface area contributed by atoms with Crippen LogP contribution in [0.1, 0.15) is 12.5 Å². The molecule has 0 saturated heterocycles. The minimum Gasteiger partial charge on any atom is -0.316 e. The Balaban J connectivity index is 2.19. The maximum atomic E-state index is 3.43. The molecule has 0 saturated carbocycles. The van der Waals surface area contributed by atoms with E-state index < -0.39 is 0 Å². The van der Waals surface area contributed by atoms with E-state index in [0.717, 1.165) is 6.42 Å². The van der Waals surface area contributed by atoms with Gasteiger partial charge in [0.1, 0.15) is 0 Å². The Morgan fingerprint density at radius 2 is 1.89 bits per heavy atom. The van der Waals surface area contributed by atoms with Crippen LogP contribution in [0.3, 0.4) is 0 Å². The first-order chi connectivity index (χ1) is 8.85. The predicted octanol–water partition coefficient (Wildman–Crippen LogP) is 3.72. The van der Waals surface area contributed by atoms with Gasteiger partial charge in [0.2, 0.25) is 0 Å². The lowest BCUT2D eigenvalue weighted by atomic mass is 9.99. The lowest BCUT2D eigenvalue weighted by molar-refractivity contribution is 0.619. The zero-order chi connectivity index (χ0) is 12.8. The average molecular weight is 259 g/mol. The van der Waals surface area contributed by atoms with Crippen molar-refractivity contribution in [1.82, 2.24) is 5.32 Å². The number of hydrogen-bond donors (Lipinski definition) is 1. The van der Waals surface area contributed by atoms with E-state index in [1.165, 1.54) is 27.8 Å². The van der Waals surface area contributed by atoms with E-state index in [1.807, 2.05) is 11.8 Å². The summed E-state index contributed by atoms with van der Waals surface area (Å²) < 4.78 is 0. The summed E-state index contributed by atoms with van der Waals surface area (Å²) in [6, 6.07) is 15.8. The third-order valence-electron chi connectivity index (χ3n) is 3.28. The summed E-state index contributed by atoms with van der Waals surface area (Å²) in [6.45, 7) is 2.22. The van der Waals surface area contributed by atoms with Crippen LogP contribution in [0.4, 0.5) is 0 Å². The van der Waals surface area contributed by atoms with Gasteiger partial charge >= 0.3 is 0 Å². The fourth-order valence-electron chi connectivity index (χ4n) is 2.24. The lowest BCUT2D eigenvalue weighted by Gasteiger charge is -2.16. The Labute approximate surface area is 114 Å². The molecule has 18 heavy (non-hydrogen) atoms. The highest BCUT2D eigenvalue weighted by molar-refractivity contribution is 7.99. The average Bonchev–Trinajstić information content (AvgIpc) is 2.43. The van der Waals surface area contributed by atoms with E-state index in [2.05, 4.69) is 61.8 Å². The van der Waals surface area contributed by atoms with E-state index >= 15 is 0 Å². The van der Waals surface area contributed by atoms with Crippen molar-refractivity contribution >= 4 is 22.5 Å². The molecular formula is C16H21NS. The van der Waals surface area contributed by atoms with E-state index in [4.69, 9.17) is 0 Å². The molecule has 0 aromatic heterocycles. The lowest BCUT2D eigenvalue weighted by Crippen LogP contribution is -2.30. The zero-order valence-electron chi connectivity index (χ0n) is 11.1. The van der Waals surface area contributed by atoms with Crippen molar-refractivity contribution in [2.45, 2.75) is 19.4 Å². The monoisotopic (exact) mass is 259 g/mol. The minimum absolute atomic E-state index is 0.556. The molecule has 0 aliphatic rings. The summed E-state index contributed by atoms with van der Waals surface area (Å²) in [5, 5.41) is 6.16. The van der Waals surface area contributed by atoms with Crippen molar-refractivity contribution in [3.63, 3.8) is 0 Å². The summed E-state index contributed by atoms with van der Waals surface area (Å²) in [7, 11) is 2.06. The van der Waals surface area contributed by atoms with Crippen LogP contribution in [0, 0.1) is 0 Å². The van der Waals surface area contributed by atoms with Crippen molar-refractivity contribution in [3.8, 4) is 0 Å². The fraction of sp³-hybridized carbons (Fsp3) is 0.375. The second kappa shape index (κ2) is 6.81. The molecule has 1 unspecified atom stereocenters. The van der Waals surface area contributed by atoms with Gasteiger partial charge in [-0.25, -0.2) is 0 Å². The molecule has 0 aliphatic carbocycles. The molecule has 0 fully saturated rings. The van der Waals surface area contributed by atoms with Crippen molar-refractivity contribution in [2.75, 3.05) is 18.6 Å². The highest BCUT2D eigenvalue weighted by Gasteiger charge is 2.09. The van der Waals surface area contributed by atoms with Gasteiger partial charge in [-0.05, 0) is 35.6 Å². The third-order valence-corrected chi connectivity index (χ3v) is 4.32. The van der Waals surface area contributed by atoms with Gasteiger partial charge in [0, 0.05) is 11.8 Å². The van der Waals surface area contributed by atoms with Gasteiger partial charge in [0.25, 0.3) is 0 Å². The molecule has 0 radical (unpaired) electrons. The van der Waals surface area contributed by atoms with E-state index in [1.54, 1.807) is 0 Å². The molecule has 2 aromatic carbocycles. The van der Waals surface area contributed by atoms with Crippen LogP contribution in [-0.4, -0.2) is 24.6 Å². The van der Waals surface area contributed by atoms with Crippen LogP contribution in [0.15, 0.2) is 42.5 Å². The Kier molecular flexibility index (Phi) is 5.09. The first-order valence-corrected chi connectivity index (χ1v) is 7.72. The zero-order valence-corrected chi connectivity index (χ0v) is 12.0. The number of rotatable bonds is 6. The Morgan fingerprint density at radius 1 is 1.11 bits per heavy atom. The van der Waals surface area contributed by atoms with Crippen LogP contribution < -0.4 is 5.32 Å². The molecule has 1 atom stereocenters. The van der Waals surface area contributed by atoms with Gasteiger partial charge in [0.05, 0.1) is 0 Å². The summed E-state index contributed by atoms with van der Waals surface area (Å²) in [4.78, 5) is 0. The molecule has 2 heteroatoms. The van der Waals surface area contributed by atoms with Crippen molar-refractivity contribution in [3.05, 3.63) is 48.0 Å². The van der Waals surface area contributed by atoms with E-state index in [0.29, 0.717) is 6.04 Å². The Bertz CT molecular complexity index is 490. The number of nitrogens with one attached hydrogen (secondary N) is 1. The third kappa shape index (κ3) is 3.27. The van der Waals surface area contributed by atoms with Gasteiger partial charge in [-0.2, -0.15) is 11.8 Å². The van der Waals surface area contributed by atoms with Crippen LogP contribution in [0.5, 0.6) is 0 Å². The van der Waals surface area contributed by atoms with Gasteiger partial charge in [-0.15, -0.1) is 0 Å². The first-order valence-electron chi connectivity index (χ1n) is 6.56. The second-order valence-corrected chi connectivity index (χ2v) is 5.81. The van der Waals surface area contributed by atoms with Crippen molar-refractivity contribution in [1.29, 1.82) is 0 Å². The molecule has 1 N–H and O–H groups in total. The molecule has 2 rings (SSSR count). The molecule has 1 nitrogen and oxygen atoms in total. The molecular weight excluding hydrogens is 238 g/mol. The summed E-state index contributed by atoms with van der Waals surface area (Å²) in [6.07, 6.45) is 1.10. The number of fused-ring (bicyclic) bond motifs is 1. The van der Waals surface area contributed by atoms with Crippen LogP contribution >= 0.6 is 11.8 Å². The van der Waals surface area contributed by atoms with E-state index in [-0.39, 0.29) is 0 Å². The van der Waals surface area contributed by atoms with Gasteiger partial charge in [-0.3, -0.25) is 0 Å². The molecule has 96 valence electrons. The second-order valence-electron chi connectivity index (χ2n) is 4.49. The molecule has 0 heterocycles. The van der Waals surface area contributed by atoms with Crippen LogP contribution in [-0.2, 0) is 6.42 Å². The maximum Gasteiger partial charge on any atom is 0.0195 e. The quantitative estimate of drug-likeness (QED) is 0.848. The molecule has 0 bridgehead atoms. The summed E-state index contributed by atoms with van der Waals surface area (Å²) in [5.74, 6) is 2.37. The van der Waals surface area contributed by atoms with Gasteiger partial charge < -0.3 is 5.32 Å². The largest absolute Gasteiger partial charge is 0.316 e. The van der Waals surface area contributed by atoms with E-state index in [9.17, 15) is 0 Å². The normalized spacial score (nSPS) is 12.8. The topological polar surface area (TPSA) is 12.0 Å². The van der Waals surface area contributed by atoms with Crippen LogP contribution in [0.25, 0.3) is 10.8 Å². The highest BCUT2D eigenvalue weighted by Crippen LogP contribution is 2.20. The number of benzene rings is 2. The molecule has 0 amide bonds. The molecule has 2 aromatic rings. The number of hydrogen-bond acceptors (Lipinski definition) is 2. The first kappa shape index (κ1) is 13.4. The summed E-state index contributed by atoms with van der Waals surface area (Å²) in [5.41, 5.74) is 1.45. The van der Waals surface area contributed by atoms with Crippen LogP contribution in [0.2, 0.25) is 0 Å². The predicted molar refractivity (Wildman–Crippen MR) is 83.5 cm³/mol. The fourth-order valence-corrected chi connectivity index (χ4v) is 3.05. The van der Waals surface area contributed by atoms with Crippen molar-refractivity contribution in [2.24, 2.45) is 0 Å². The standard InChI is InChI=1S/C16H21NS/c1-3-18-12-15(17-2)11-14-9-6-8-13-7-4-5-10-16(13)14/h4-10,15,17H,3,11-12H2,1-2H3. The molecule has 0 aliphatic heterocycles. The Morgan fingerprint density at radius 3 is 2.67 bits per heavy atom. The molecule has 0 spiro atoms.